The first-order chi connectivity index (χ1) is 15.6. The number of ether oxygens (including phenoxy) is 2. The molecule has 164 valence electrons. The SMILES string of the molecule is C[C@H]1COCCN1c1nc(N2CCOC[C@@H]2C)c2ccc(-c3ccnc(C#N)c3)nc2n1. The Bertz CT molecular complexity index is 1180. The number of hydrogen-bond acceptors (Lipinski definition) is 9. The number of anilines is 2. The molecule has 2 aliphatic heterocycles. The van der Waals surface area contributed by atoms with E-state index < -0.39 is 0 Å². The number of morpholine rings is 2. The van der Waals surface area contributed by atoms with Crippen LogP contribution in [0.1, 0.15) is 19.5 Å². The normalized spacial score (nSPS) is 21.5. The van der Waals surface area contributed by atoms with Crippen LogP contribution >= 0.6 is 0 Å². The number of nitriles is 1. The van der Waals surface area contributed by atoms with E-state index in [2.05, 4.69) is 34.7 Å². The van der Waals surface area contributed by atoms with Crippen LogP contribution in [0.15, 0.2) is 30.5 Å². The van der Waals surface area contributed by atoms with E-state index >= 15 is 0 Å². The van der Waals surface area contributed by atoms with Crippen LogP contribution in [-0.4, -0.2) is 71.5 Å². The van der Waals surface area contributed by atoms with E-state index in [1.165, 1.54) is 0 Å². The maximum absolute atomic E-state index is 9.21. The number of fused-ring (bicyclic) bond motifs is 1. The monoisotopic (exact) mass is 431 g/mol. The van der Waals surface area contributed by atoms with Gasteiger partial charge >= 0.3 is 0 Å². The summed E-state index contributed by atoms with van der Waals surface area (Å²) in [7, 11) is 0. The van der Waals surface area contributed by atoms with Gasteiger partial charge in [-0.3, -0.25) is 0 Å². The maximum atomic E-state index is 9.21. The highest BCUT2D eigenvalue weighted by Crippen LogP contribution is 2.31. The fourth-order valence-electron chi connectivity index (χ4n) is 4.21. The Morgan fingerprint density at radius 2 is 1.72 bits per heavy atom. The van der Waals surface area contributed by atoms with E-state index in [0.29, 0.717) is 43.7 Å². The van der Waals surface area contributed by atoms with Crippen molar-refractivity contribution in [3.63, 3.8) is 0 Å². The molecule has 2 atom stereocenters. The lowest BCUT2D eigenvalue weighted by atomic mass is 10.1. The van der Waals surface area contributed by atoms with E-state index in [4.69, 9.17) is 24.4 Å². The highest BCUT2D eigenvalue weighted by Gasteiger charge is 2.27. The average Bonchev–Trinajstić information content (AvgIpc) is 2.83. The van der Waals surface area contributed by atoms with Gasteiger partial charge in [0.2, 0.25) is 5.95 Å². The summed E-state index contributed by atoms with van der Waals surface area (Å²) in [5.41, 5.74) is 2.57. The van der Waals surface area contributed by atoms with Crippen LogP contribution < -0.4 is 9.80 Å². The molecular formula is C23H25N7O2. The van der Waals surface area contributed by atoms with Crippen LogP contribution in [0.25, 0.3) is 22.3 Å². The molecule has 2 aliphatic rings. The Labute approximate surface area is 186 Å². The van der Waals surface area contributed by atoms with Gasteiger partial charge in [-0.2, -0.15) is 15.2 Å². The van der Waals surface area contributed by atoms with Gasteiger partial charge in [0, 0.05) is 24.8 Å². The number of nitrogens with zero attached hydrogens (tertiary/aromatic N) is 7. The molecule has 0 saturated carbocycles. The van der Waals surface area contributed by atoms with Gasteiger partial charge in [0.1, 0.15) is 17.6 Å². The third kappa shape index (κ3) is 3.83. The van der Waals surface area contributed by atoms with Gasteiger partial charge in [-0.05, 0) is 38.1 Å². The maximum Gasteiger partial charge on any atom is 0.229 e. The van der Waals surface area contributed by atoms with E-state index in [9.17, 15) is 5.26 Å². The lowest BCUT2D eigenvalue weighted by Gasteiger charge is -2.37. The first kappa shape index (κ1) is 20.5. The second-order valence-corrected chi connectivity index (χ2v) is 8.19. The van der Waals surface area contributed by atoms with Crippen LogP contribution in [0.5, 0.6) is 0 Å². The molecule has 2 fully saturated rings. The van der Waals surface area contributed by atoms with Gasteiger partial charge in [0.05, 0.1) is 49.6 Å². The Balaban J connectivity index is 1.66. The zero-order chi connectivity index (χ0) is 22.1. The van der Waals surface area contributed by atoms with Crippen molar-refractivity contribution in [2.24, 2.45) is 0 Å². The zero-order valence-electron chi connectivity index (χ0n) is 18.2. The molecule has 0 bridgehead atoms. The summed E-state index contributed by atoms with van der Waals surface area (Å²) < 4.78 is 11.3. The van der Waals surface area contributed by atoms with E-state index in [-0.39, 0.29) is 12.1 Å². The number of aromatic nitrogens is 4. The van der Waals surface area contributed by atoms with Crippen LogP contribution in [0, 0.1) is 11.3 Å². The summed E-state index contributed by atoms with van der Waals surface area (Å²) >= 11 is 0. The molecule has 5 rings (SSSR count). The van der Waals surface area contributed by atoms with E-state index in [1.54, 1.807) is 12.3 Å². The molecule has 0 aromatic carbocycles. The van der Waals surface area contributed by atoms with Gasteiger partial charge in [-0.1, -0.05) is 0 Å². The summed E-state index contributed by atoms with van der Waals surface area (Å²) in [4.78, 5) is 23.3. The van der Waals surface area contributed by atoms with Gasteiger partial charge in [0.15, 0.2) is 5.65 Å². The number of hydrogen-bond donors (Lipinski definition) is 0. The Hall–Kier alpha value is -3.35. The lowest BCUT2D eigenvalue weighted by Crippen LogP contribution is -2.46. The van der Waals surface area contributed by atoms with E-state index in [1.807, 2.05) is 18.2 Å². The second kappa shape index (κ2) is 8.65. The van der Waals surface area contributed by atoms with Crippen molar-refractivity contribution in [2.75, 3.05) is 49.3 Å². The molecule has 0 radical (unpaired) electrons. The van der Waals surface area contributed by atoms with Crippen LogP contribution in [-0.2, 0) is 9.47 Å². The first-order valence-electron chi connectivity index (χ1n) is 10.9. The average molecular weight is 432 g/mol. The molecule has 0 aliphatic carbocycles. The summed E-state index contributed by atoms with van der Waals surface area (Å²) in [5.74, 6) is 1.55. The fourth-order valence-corrected chi connectivity index (χ4v) is 4.21. The molecule has 0 amide bonds. The fraction of sp³-hybridized carbons (Fsp3) is 0.435. The van der Waals surface area contributed by atoms with Crippen molar-refractivity contribution in [3.8, 4) is 17.3 Å². The van der Waals surface area contributed by atoms with E-state index in [0.717, 1.165) is 35.6 Å². The standard InChI is InChI=1S/C23H25N7O2/c1-15-13-31-9-7-29(15)22-19-3-4-20(17-5-6-25-18(11-17)12-24)26-21(19)27-23(28-22)30-8-10-32-14-16(30)2/h3-6,11,15-16H,7-10,13-14H2,1-2H3/t15-,16-/m0/s1. The molecule has 32 heavy (non-hydrogen) atoms. The molecule has 3 aromatic rings. The number of pyridine rings is 2. The smallest absolute Gasteiger partial charge is 0.229 e. The van der Waals surface area contributed by atoms with Crippen molar-refractivity contribution in [1.82, 2.24) is 19.9 Å². The largest absolute Gasteiger partial charge is 0.377 e. The minimum Gasteiger partial charge on any atom is -0.377 e. The predicted molar refractivity (Wildman–Crippen MR) is 121 cm³/mol. The van der Waals surface area contributed by atoms with Gasteiger partial charge in [-0.15, -0.1) is 0 Å². The molecule has 5 heterocycles. The molecule has 9 nitrogen and oxygen atoms in total. The van der Waals surface area contributed by atoms with Crippen LogP contribution in [0.4, 0.5) is 11.8 Å². The second-order valence-electron chi connectivity index (χ2n) is 8.19. The molecule has 0 spiro atoms. The summed E-state index contributed by atoms with van der Waals surface area (Å²) in [6.45, 7) is 8.39. The molecule has 3 aromatic heterocycles. The third-order valence-corrected chi connectivity index (χ3v) is 5.96. The topological polar surface area (TPSA) is 100 Å². The summed E-state index contributed by atoms with van der Waals surface area (Å²) in [5, 5.41) is 10.1. The van der Waals surface area contributed by atoms with Crippen molar-refractivity contribution in [2.45, 2.75) is 25.9 Å². The van der Waals surface area contributed by atoms with Crippen molar-refractivity contribution in [1.29, 1.82) is 5.26 Å². The molecular weight excluding hydrogens is 406 g/mol. The Morgan fingerprint density at radius 1 is 0.969 bits per heavy atom. The first-order valence-corrected chi connectivity index (χ1v) is 10.9. The highest BCUT2D eigenvalue weighted by atomic mass is 16.5. The molecule has 0 unspecified atom stereocenters. The van der Waals surface area contributed by atoms with Crippen molar-refractivity contribution in [3.05, 3.63) is 36.2 Å². The molecule has 9 heteroatoms. The lowest BCUT2D eigenvalue weighted by molar-refractivity contribution is 0.0973. The van der Waals surface area contributed by atoms with Crippen molar-refractivity contribution >= 4 is 22.8 Å². The van der Waals surface area contributed by atoms with Crippen LogP contribution in [0.3, 0.4) is 0 Å². The Kier molecular flexibility index (Phi) is 5.55. The molecule has 0 N–H and O–H groups in total. The minimum atomic E-state index is 0.178. The van der Waals surface area contributed by atoms with Gasteiger partial charge in [0.25, 0.3) is 0 Å². The molecule has 2 saturated heterocycles. The zero-order valence-corrected chi connectivity index (χ0v) is 18.2. The summed E-state index contributed by atoms with van der Waals surface area (Å²) in [6.07, 6.45) is 1.63. The highest BCUT2D eigenvalue weighted by molar-refractivity contribution is 5.90. The summed E-state index contributed by atoms with van der Waals surface area (Å²) in [6, 6.07) is 10.0. The predicted octanol–water partition coefficient (Wildman–Crippen LogP) is 2.41. The Morgan fingerprint density at radius 3 is 2.44 bits per heavy atom. The minimum absolute atomic E-state index is 0.178. The van der Waals surface area contributed by atoms with Crippen molar-refractivity contribution < 1.29 is 9.47 Å². The van der Waals surface area contributed by atoms with Gasteiger partial charge in [-0.25, -0.2) is 9.97 Å². The third-order valence-electron chi connectivity index (χ3n) is 5.96. The van der Waals surface area contributed by atoms with Crippen LogP contribution in [0.2, 0.25) is 0 Å². The van der Waals surface area contributed by atoms with Gasteiger partial charge < -0.3 is 19.3 Å². The quantitative estimate of drug-likeness (QED) is 0.619. The number of rotatable bonds is 3.